The predicted octanol–water partition coefficient (Wildman–Crippen LogP) is 4.02. The van der Waals surface area contributed by atoms with Crippen LogP contribution in [0.25, 0.3) is 0 Å². The standard InChI is InChI=1S/C14H27ClO2S/c1-14(2,3)13(15)9-8-11-6-5-7-12(10-11)18(4,16)17/h11-13H,5-10H2,1-4H3. The maximum absolute atomic E-state index is 11.6. The lowest BCUT2D eigenvalue weighted by Crippen LogP contribution is -2.28. The highest BCUT2D eigenvalue weighted by atomic mass is 35.5. The van der Waals surface area contributed by atoms with Crippen LogP contribution in [0, 0.1) is 11.3 Å². The molecule has 0 spiro atoms. The van der Waals surface area contributed by atoms with E-state index in [2.05, 4.69) is 20.8 Å². The summed E-state index contributed by atoms with van der Waals surface area (Å²) in [6.45, 7) is 6.47. The molecule has 0 saturated heterocycles. The molecule has 1 aliphatic carbocycles. The topological polar surface area (TPSA) is 34.1 Å². The van der Waals surface area contributed by atoms with Gasteiger partial charge in [0.1, 0.15) is 9.84 Å². The summed E-state index contributed by atoms with van der Waals surface area (Å²) in [5.74, 6) is 0.544. The second-order valence-electron chi connectivity index (χ2n) is 6.90. The Kier molecular flexibility index (Phi) is 5.55. The first-order valence-electron chi connectivity index (χ1n) is 6.93. The summed E-state index contributed by atoms with van der Waals surface area (Å²) in [7, 11) is -2.86. The Morgan fingerprint density at radius 1 is 1.28 bits per heavy atom. The fraction of sp³-hybridized carbons (Fsp3) is 1.00. The summed E-state index contributed by atoms with van der Waals surface area (Å²) in [6, 6.07) is 0. The van der Waals surface area contributed by atoms with Gasteiger partial charge in [-0.25, -0.2) is 8.42 Å². The summed E-state index contributed by atoms with van der Waals surface area (Å²) < 4.78 is 23.2. The van der Waals surface area contributed by atoms with Crippen molar-refractivity contribution in [3.63, 3.8) is 0 Å². The summed E-state index contributed by atoms with van der Waals surface area (Å²) >= 11 is 6.38. The highest BCUT2D eigenvalue weighted by Crippen LogP contribution is 2.35. The van der Waals surface area contributed by atoms with Crippen molar-refractivity contribution in [2.75, 3.05) is 6.26 Å². The molecular weight excluding hydrogens is 268 g/mol. The van der Waals surface area contributed by atoms with Crippen molar-refractivity contribution in [1.82, 2.24) is 0 Å². The van der Waals surface area contributed by atoms with Gasteiger partial charge in [-0.15, -0.1) is 11.6 Å². The zero-order valence-corrected chi connectivity index (χ0v) is 13.6. The Labute approximate surface area is 117 Å². The van der Waals surface area contributed by atoms with Crippen LogP contribution in [0.3, 0.4) is 0 Å². The SMILES string of the molecule is CC(C)(C)C(Cl)CCC1CCCC(S(C)(=O)=O)C1. The number of alkyl halides is 1. The Morgan fingerprint density at radius 3 is 2.39 bits per heavy atom. The van der Waals surface area contributed by atoms with Crippen LogP contribution in [0.1, 0.15) is 59.3 Å². The van der Waals surface area contributed by atoms with Gasteiger partial charge in [-0.1, -0.05) is 33.6 Å². The third-order valence-electron chi connectivity index (χ3n) is 4.11. The molecular formula is C14H27ClO2S. The van der Waals surface area contributed by atoms with Crippen molar-refractivity contribution in [3.05, 3.63) is 0 Å². The van der Waals surface area contributed by atoms with Crippen LogP contribution in [0.2, 0.25) is 0 Å². The smallest absolute Gasteiger partial charge is 0.150 e. The molecule has 3 atom stereocenters. The van der Waals surface area contributed by atoms with Crippen LogP contribution in [0.4, 0.5) is 0 Å². The molecule has 0 amide bonds. The van der Waals surface area contributed by atoms with Crippen LogP contribution in [-0.4, -0.2) is 25.3 Å². The minimum Gasteiger partial charge on any atom is -0.229 e. The molecule has 1 rings (SSSR count). The van der Waals surface area contributed by atoms with Gasteiger partial charge in [0.2, 0.25) is 0 Å². The Morgan fingerprint density at radius 2 is 1.89 bits per heavy atom. The van der Waals surface area contributed by atoms with Crippen LogP contribution in [-0.2, 0) is 9.84 Å². The molecule has 0 aromatic rings. The first-order chi connectivity index (χ1) is 8.10. The van der Waals surface area contributed by atoms with Crippen molar-refractivity contribution >= 4 is 21.4 Å². The molecule has 4 heteroatoms. The van der Waals surface area contributed by atoms with E-state index in [0.29, 0.717) is 5.92 Å². The summed E-state index contributed by atoms with van der Waals surface area (Å²) in [4.78, 5) is 0. The average molecular weight is 295 g/mol. The molecule has 0 aromatic carbocycles. The summed E-state index contributed by atoms with van der Waals surface area (Å²) in [5.41, 5.74) is 0.131. The number of hydrogen-bond donors (Lipinski definition) is 0. The van der Waals surface area contributed by atoms with Gasteiger partial charge in [-0.05, 0) is 37.0 Å². The average Bonchev–Trinajstić information content (AvgIpc) is 2.23. The Bertz CT molecular complexity index is 356. The Hall–Kier alpha value is 0.240. The van der Waals surface area contributed by atoms with Crippen molar-refractivity contribution in [2.24, 2.45) is 11.3 Å². The van der Waals surface area contributed by atoms with Gasteiger partial charge in [-0.3, -0.25) is 0 Å². The van der Waals surface area contributed by atoms with E-state index in [1.54, 1.807) is 0 Å². The largest absolute Gasteiger partial charge is 0.229 e. The van der Waals surface area contributed by atoms with Gasteiger partial charge < -0.3 is 0 Å². The minimum absolute atomic E-state index is 0.111. The number of hydrogen-bond acceptors (Lipinski definition) is 2. The van der Waals surface area contributed by atoms with E-state index in [-0.39, 0.29) is 16.0 Å². The third kappa shape index (κ3) is 5.08. The maximum atomic E-state index is 11.6. The fourth-order valence-corrected chi connectivity index (χ4v) is 4.05. The number of sulfone groups is 1. The van der Waals surface area contributed by atoms with Gasteiger partial charge in [0.25, 0.3) is 0 Å². The van der Waals surface area contributed by atoms with E-state index >= 15 is 0 Å². The predicted molar refractivity (Wildman–Crippen MR) is 78.9 cm³/mol. The lowest BCUT2D eigenvalue weighted by molar-refractivity contribution is 0.299. The summed E-state index contributed by atoms with van der Waals surface area (Å²) in [5, 5.41) is 0.0655. The molecule has 0 radical (unpaired) electrons. The van der Waals surface area contributed by atoms with E-state index in [0.717, 1.165) is 32.1 Å². The van der Waals surface area contributed by atoms with Gasteiger partial charge in [0.05, 0.1) is 5.25 Å². The lowest BCUT2D eigenvalue weighted by atomic mass is 9.82. The van der Waals surface area contributed by atoms with Gasteiger partial charge >= 0.3 is 0 Å². The quantitative estimate of drug-likeness (QED) is 0.734. The zero-order chi connectivity index (χ0) is 14.0. The van der Waals surface area contributed by atoms with Gasteiger partial charge in [0, 0.05) is 11.6 Å². The molecule has 0 aromatic heterocycles. The third-order valence-corrected chi connectivity index (χ3v) is 6.62. The molecule has 0 N–H and O–H groups in total. The molecule has 18 heavy (non-hydrogen) atoms. The second-order valence-corrected chi connectivity index (χ2v) is 9.75. The van der Waals surface area contributed by atoms with E-state index in [9.17, 15) is 8.42 Å². The maximum Gasteiger partial charge on any atom is 0.150 e. The fourth-order valence-electron chi connectivity index (χ4n) is 2.71. The van der Waals surface area contributed by atoms with Crippen LogP contribution < -0.4 is 0 Å². The van der Waals surface area contributed by atoms with E-state index in [4.69, 9.17) is 11.6 Å². The van der Waals surface area contributed by atoms with Gasteiger partial charge in [0.15, 0.2) is 0 Å². The zero-order valence-electron chi connectivity index (χ0n) is 12.1. The summed E-state index contributed by atoms with van der Waals surface area (Å²) in [6.07, 6.45) is 7.33. The molecule has 3 unspecified atom stereocenters. The molecule has 1 saturated carbocycles. The van der Waals surface area contributed by atoms with Crippen molar-refractivity contribution < 1.29 is 8.42 Å². The number of rotatable bonds is 4. The first kappa shape index (κ1) is 16.3. The lowest BCUT2D eigenvalue weighted by Gasteiger charge is -2.31. The van der Waals surface area contributed by atoms with Crippen LogP contribution in [0.5, 0.6) is 0 Å². The first-order valence-corrected chi connectivity index (χ1v) is 9.32. The Balaban J connectivity index is 2.44. The normalized spacial score (nSPS) is 28.1. The van der Waals surface area contributed by atoms with E-state index in [1.807, 2.05) is 0 Å². The van der Waals surface area contributed by atoms with E-state index < -0.39 is 9.84 Å². The molecule has 108 valence electrons. The molecule has 0 aliphatic heterocycles. The number of halogens is 1. The van der Waals surface area contributed by atoms with E-state index in [1.165, 1.54) is 12.7 Å². The molecule has 1 aliphatic rings. The highest BCUT2D eigenvalue weighted by Gasteiger charge is 2.30. The van der Waals surface area contributed by atoms with Crippen molar-refractivity contribution in [3.8, 4) is 0 Å². The van der Waals surface area contributed by atoms with Crippen molar-refractivity contribution in [1.29, 1.82) is 0 Å². The molecule has 1 fully saturated rings. The highest BCUT2D eigenvalue weighted by molar-refractivity contribution is 7.91. The van der Waals surface area contributed by atoms with Gasteiger partial charge in [-0.2, -0.15) is 0 Å². The minimum atomic E-state index is -2.86. The monoisotopic (exact) mass is 294 g/mol. The molecule has 0 heterocycles. The molecule has 0 bridgehead atoms. The molecule has 2 nitrogen and oxygen atoms in total. The van der Waals surface area contributed by atoms with Crippen molar-refractivity contribution in [2.45, 2.75) is 69.9 Å². The second kappa shape index (κ2) is 6.13. The van der Waals surface area contributed by atoms with Crippen LogP contribution in [0.15, 0.2) is 0 Å². The van der Waals surface area contributed by atoms with Crippen LogP contribution >= 0.6 is 11.6 Å².